The molecule has 0 amide bonds. The molecule has 1 unspecified atom stereocenters. The zero-order valence-electron chi connectivity index (χ0n) is 9.04. The zero-order chi connectivity index (χ0) is 10.7. The van der Waals surface area contributed by atoms with E-state index in [-0.39, 0.29) is 18.4 Å². The van der Waals surface area contributed by atoms with Gasteiger partial charge in [0.2, 0.25) is 5.27 Å². The van der Waals surface area contributed by atoms with Crippen LogP contribution in [0.4, 0.5) is 5.88 Å². The number of nitrogens with two attached hydrogens (primary N) is 1. The Labute approximate surface area is 100 Å². The highest BCUT2D eigenvalue weighted by atomic mass is 35.5. The van der Waals surface area contributed by atoms with Gasteiger partial charge in [-0.05, 0) is 10.2 Å². The first-order chi connectivity index (χ1) is 7.25. The molecule has 0 spiro atoms. The fourth-order valence-electron chi connectivity index (χ4n) is 1.53. The van der Waals surface area contributed by atoms with Crippen molar-refractivity contribution < 1.29 is 9.20 Å². The van der Waals surface area contributed by atoms with Crippen LogP contribution in [0.3, 0.4) is 0 Å². The molecule has 0 aliphatic rings. The summed E-state index contributed by atoms with van der Waals surface area (Å²) in [5.41, 5.74) is 6.74. The van der Waals surface area contributed by atoms with Crippen LogP contribution in [0.5, 0.6) is 0 Å². The molecule has 0 saturated carbocycles. The van der Waals surface area contributed by atoms with Crippen LogP contribution in [0.25, 0.3) is 0 Å². The molecule has 5 heteroatoms. The summed E-state index contributed by atoms with van der Waals surface area (Å²) in [5.74, 6) is 0.343. The van der Waals surface area contributed by atoms with Crippen molar-refractivity contribution in [1.29, 1.82) is 0 Å². The predicted molar refractivity (Wildman–Crippen MR) is 63.2 cm³/mol. The van der Waals surface area contributed by atoms with Crippen molar-refractivity contribution in [3.63, 3.8) is 0 Å². The van der Waals surface area contributed by atoms with E-state index in [1.165, 1.54) is 5.56 Å². The third-order valence-electron chi connectivity index (χ3n) is 2.33. The Hall–Kier alpha value is -1.55. The molecule has 0 aliphatic carbocycles. The van der Waals surface area contributed by atoms with Gasteiger partial charge in [-0.25, -0.2) is 0 Å². The van der Waals surface area contributed by atoms with E-state index in [9.17, 15) is 0 Å². The number of hydrogen-bond donors (Lipinski definition) is 1. The monoisotopic (exact) mass is 240 g/mol. The summed E-state index contributed by atoms with van der Waals surface area (Å²) in [6.45, 7) is 2.08. The van der Waals surface area contributed by atoms with E-state index < -0.39 is 0 Å². The van der Waals surface area contributed by atoms with Gasteiger partial charge in [-0.1, -0.05) is 30.3 Å². The van der Waals surface area contributed by atoms with Crippen molar-refractivity contribution in [2.75, 3.05) is 5.73 Å². The van der Waals surface area contributed by atoms with Crippen molar-refractivity contribution in [1.82, 2.24) is 5.27 Å². The first kappa shape index (κ1) is 12.5. The molecular formula is C11H15ClN3O+. The highest BCUT2D eigenvalue weighted by Crippen LogP contribution is 2.08. The topological polar surface area (TPSA) is 55.9 Å². The van der Waals surface area contributed by atoms with Gasteiger partial charge in [-0.2, -0.15) is 0 Å². The number of hydrogen-bond acceptors (Lipinski definition) is 3. The van der Waals surface area contributed by atoms with E-state index >= 15 is 0 Å². The lowest BCUT2D eigenvalue weighted by atomic mass is 10.1. The van der Waals surface area contributed by atoms with Crippen LogP contribution < -0.4 is 10.4 Å². The first-order valence-electron chi connectivity index (χ1n) is 4.93. The summed E-state index contributed by atoms with van der Waals surface area (Å²) in [6, 6.07) is 10.5. The van der Waals surface area contributed by atoms with E-state index in [0.29, 0.717) is 5.88 Å². The molecular weight excluding hydrogens is 226 g/mol. The Bertz CT molecular complexity index is 430. The van der Waals surface area contributed by atoms with Crippen LogP contribution in [0.1, 0.15) is 18.5 Å². The normalized spacial score (nSPS) is 11.8. The zero-order valence-corrected chi connectivity index (χ0v) is 9.85. The number of rotatable bonds is 3. The lowest BCUT2D eigenvalue weighted by Crippen LogP contribution is -2.40. The minimum Gasteiger partial charge on any atom is -0.362 e. The molecule has 16 heavy (non-hydrogen) atoms. The van der Waals surface area contributed by atoms with Gasteiger partial charge < -0.3 is 5.73 Å². The second-order valence-electron chi connectivity index (χ2n) is 3.62. The maximum Gasteiger partial charge on any atom is 0.293 e. The van der Waals surface area contributed by atoms with E-state index in [0.717, 1.165) is 6.42 Å². The van der Waals surface area contributed by atoms with E-state index in [1.54, 1.807) is 10.9 Å². The highest BCUT2D eigenvalue weighted by molar-refractivity contribution is 5.85. The minimum atomic E-state index is 0. The first-order valence-corrected chi connectivity index (χ1v) is 4.93. The SMILES string of the molecule is CC(Cc1ccccc1)[n+]1cc(N)on1.Cl. The quantitative estimate of drug-likeness (QED) is 0.832. The number of halogens is 1. The standard InChI is InChI=1S/C11H14N3O.ClH/c1-9(14-8-11(12)15-13-14)7-10-5-3-2-4-6-10;/h2-6,8-9H,7,12H2,1H3;1H/q+1;. The molecule has 4 nitrogen and oxygen atoms in total. The van der Waals surface area contributed by atoms with Gasteiger partial charge in [-0.15, -0.1) is 12.4 Å². The summed E-state index contributed by atoms with van der Waals surface area (Å²) < 4.78 is 6.55. The molecule has 1 aromatic heterocycles. The second-order valence-corrected chi connectivity index (χ2v) is 3.62. The molecule has 0 saturated heterocycles. The van der Waals surface area contributed by atoms with Gasteiger partial charge in [-0.3, -0.25) is 4.52 Å². The molecule has 2 aromatic rings. The summed E-state index contributed by atoms with van der Waals surface area (Å²) >= 11 is 0. The molecule has 0 radical (unpaired) electrons. The highest BCUT2D eigenvalue weighted by Gasteiger charge is 2.18. The maximum atomic E-state index is 5.46. The third-order valence-corrected chi connectivity index (χ3v) is 2.33. The number of anilines is 1. The Morgan fingerprint density at radius 3 is 2.62 bits per heavy atom. The Kier molecular flexibility index (Phi) is 4.31. The lowest BCUT2D eigenvalue weighted by molar-refractivity contribution is -0.782. The Morgan fingerprint density at radius 2 is 2.06 bits per heavy atom. The van der Waals surface area contributed by atoms with Crippen molar-refractivity contribution in [2.45, 2.75) is 19.4 Å². The summed E-state index contributed by atoms with van der Waals surface area (Å²) in [7, 11) is 0. The molecule has 2 N–H and O–H groups in total. The molecule has 0 fully saturated rings. The van der Waals surface area contributed by atoms with Crippen molar-refractivity contribution in [2.24, 2.45) is 0 Å². The van der Waals surface area contributed by atoms with Crippen LogP contribution in [0.2, 0.25) is 0 Å². The van der Waals surface area contributed by atoms with E-state index in [4.69, 9.17) is 10.3 Å². The van der Waals surface area contributed by atoms with Crippen LogP contribution in [0.15, 0.2) is 41.1 Å². The number of benzene rings is 1. The Balaban J connectivity index is 0.00000128. The van der Waals surface area contributed by atoms with E-state index in [2.05, 4.69) is 24.3 Å². The van der Waals surface area contributed by atoms with Crippen LogP contribution >= 0.6 is 12.4 Å². The lowest BCUT2D eigenvalue weighted by Gasteiger charge is -2.01. The van der Waals surface area contributed by atoms with Gasteiger partial charge in [0.05, 0.1) is 0 Å². The van der Waals surface area contributed by atoms with Gasteiger partial charge in [0.15, 0.2) is 6.04 Å². The van der Waals surface area contributed by atoms with E-state index in [1.807, 2.05) is 18.2 Å². The second kappa shape index (κ2) is 5.51. The maximum absolute atomic E-state index is 5.46. The molecule has 0 aliphatic heterocycles. The molecule has 0 bridgehead atoms. The molecule has 1 heterocycles. The number of nitrogen functional groups attached to an aromatic ring is 1. The smallest absolute Gasteiger partial charge is 0.293 e. The predicted octanol–water partition coefficient (Wildman–Crippen LogP) is 1.77. The molecule has 86 valence electrons. The fraction of sp³-hybridized carbons (Fsp3) is 0.273. The fourth-order valence-corrected chi connectivity index (χ4v) is 1.53. The van der Waals surface area contributed by atoms with Crippen molar-refractivity contribution in [3.8, 4) is 0 Å². The molecule has 2 rings (SSSR count). The average Bonchev–Trinajstić information content (AvgIpc) is 2.66. The third kappa shape index (κ3) is 2.97. The number of aromatic nitrogens is 2. The van der Waals surface area contributed by atoms with Crippen LogP contribution in [-0.4, -0.2) is 5.27 Å². The van der Waals surface area contributed by atoms with Gasteiger partial charge >= 0.3 is 0 Å². The minimum absolute atomic E-state index is 0. The molecule has 1 atom stereocenters. The Morgan fingerprint density at radius 1 is 1.38 bits per heavy atom. The van der Waals surface area contributed by atoms with Crippen molar-refractivity contribution in [3.05, 3.63) is 42.1 Å². The van der Waals surface area contributed by atoms with Crippen LogP contribution in [0, 0.1) is 0 Å². The summed E-state index contributed by atoms with van der Waals surface area (Å²) in [6.07, 6.45) is 2.62. The van der Waals surface area contributed by atoms with Crippen LogP contribution in [-0.2, 0) is 6.42 Å². The average molecular weight is 241 g/mol. The van der Waals surface area contributed by atoms with Gasteiger partial charge in [0, 0.05) is 13.3 Å². The van der Waals surface area contributed by atoms with Gasteiger partial charge in [0.1, 0.15) is 0 Å². The largest absolute Gasteiger partial charge is 0.362 e. The summed E-state index contributed by atoms with van der Waals surface area (Å²) in [4.78, 5) is 0. The van der Waals surface area contributed by atoms with Gasteiger partial charge in [0.25, 0.3) is 12.1 Å². The number of nitrogens with zero attached hydrogens (tertiary/aromatic N) is 2. The van der Waals surface area contributed by atoms with Crippen molar-refractivity contribution >= 4 is 18.3 Å². The summed E-state index contributed by atoms with van der Waals surface area (Å²) in [5, 5.41) is 3.83. The molecule has 1 aromatic carbocycles.